The molecule has 0 aromatic heterocycles. The average Bonchev–Trinajstić information content (AvgIpc) is 2.43. The minimum Gasteiger partial charge on any atom is -0.375 e. The summed E-state index contributed by atoms with van der Waals surface area (Å²) in [4.78, 5) is 0. The molecule has 0 heterocycles. The average molecular weight is 323 g/mol. The standard InChI is InChI=1S/C17H25NO3S/c1-14(2)10-11-15(3)17(18-22(4,19)20)13-21-12-16-8-6-5-7-9-16/h5-10,14,17-18H,12-13H2,1-4H3/t11?,17-/m0/s1. The Morgan fingerprint density at radius 2 is 1.95 bits per heavy atom. The molecule has 4 nitrogen and oxygen atoms in total. The summed E-state index contributed by atoms with van der Waals surface area (Å²) in [5.74, 6) is 0.360. The normalized spacial score (nSPS) is 12.8. The van der Waals surface area contributed by atoms with Crippen molar-refractivity contribution < 1.29 is 13.2 Å². The topological polar surface area (TPSA) is 55.4 Å². The summed E-state index contributed by atoms with van der Waals surface area (Å²) in [5.41, 5.74) is 5.01. The van der Waals surface area contributed by atoms with Gasteiger partial charge in [-0.05, 0) is 30.1 Å². The summed E-state index contributed by atoms with van der Waals surface area (Å²) < 4.78 is 31.2. The minimum atomic E-state index is -3.31. The number of ether oxygens (including phenoxy) is 1. The van der Waals surface area contributed by atoms with Crippen molar-refractivity contribution in [2.45, 2.75) is 33.4 Å². The zero-order valence-corrected chi connectivity index (χ0v) is 14.5. The third kappa shape index (κ3) is 8.15. The van der Waals surface area contributed by atoms with E-state index in [0.29, 0.717) is 12.5 Å². The van der Waals surface area contributed by atoms with Crippen LogP contribution < -0.4 is 4.72 Å². The van der Waals surface area contributed by atoms with Crippen LogP contribution in [0.4, 0.5) is 0 Å². The van der Waals surface area contributed by atoms with Crippen LogP contribution in [-0.4, -0.2) is 27.3 Å². The molecule has 0 spiro atoms. The molecule has 0 saturated carbocycles. The second-order valence-corrected chi connectivity index (χ2v) is 7.46. The number of benzene rings is 1. The van der Waals surface area contributed by atoms with Gasteiger partial charge in [-0.2, -0.15) is 0 Å². The molecule has 0 aliphatic carbocycles. The van der Waals surface area contributed by atoms with Crippen LogP contribution in [0.25, 0.3) is 0 Å². The maximum atomic E-state index is 11.5. The molecule has 22 heavy (non-hydrogen) atoms. The Balaban J connectivity index is 2.72. The molecule has 0 saturated heterocycles. The minimum absolute atomic E-state index is 0.271. The number of hydrogen-bond acceptors (Lipinski definition) is 3. The summed E-state index contributed by atoms with van der Waals surface area (Å²) in [7, 11) is -3.31. The van der Waals surface area contributed by atoms with Gasteiger partial charge in [0.2, 0.25) is 10.0 Å². The molecule has 1 aromatic carbocycles. The summed E-state index contributed by atoms with van der Waals surface area (Å²) in [6.45, 7) is 6.67. The Morgan fingerprint density at radius 1 is 1.32 bits per heavy atom. The lowest BCUT2D eigenvalue weighted by atomic mass is 10.1. The first-order valence-electron chi connectivity index (χ1n) is 7.30. The van der Waals surface area contributed by atoms with Gasteiger partial charge in [0, 0.05) is 0 Å². The summed E-state index contributed by atoms with van der Waals surface area (Å²) in [6, 6.07) is 9.37. The molecule has 0 unspecified atom stereocenters. The quantitative estimate of drug-likeness (QED) is 0.749. The highest BCUT2D eigenvalue weighted by molar-refractivity contribution is 7.88. The molecule has 0 aliphatic rings. The van der Waals surface area contributed by atoms with E-state index in [1.165, 1.54) is 0 Å². The Morgan fingerprint density at radius 3 is 2.50 bits per heavy atom. The lowest BCUT2D eigenvalue weighted by molar-refractivity contribution is 0.111. The molecule has 1 rings (SSSR count). The van der Waals surface area contributed by atoms with Crippen LogP contribution in [0.3, 0.4) is 0 Å². The van der Waals surface area contributed by atoms with E-state index in [9.17, 15) is 8.42 Å². The summed E-state index contributed by atoms with van der Waals surface area (Å²) in [6.07, 6.45) is 3.07. The van der Waals surface area contributed by atoms with Gasteiger partial charge in [0.15, 0.2) is 0 Å². The molecule has 1 N–H and O–H groups in total. The van der Waals surface area contributed by atoms with Crippen LogP contribution in [0.1, 0.15) is 26.3 Å². The molecule has 5 heteroatoms. The van der Waals surface area contributed by atoms with Crippen LogP contribution >= 0.6 is 0 Å². The molecule has 0 radical (unpaired) electrons. The first-order valence-corrected chi connectivity index (χ1v) is 9.19. The number of sulfonamides is 1. The van der Waals surface area contributed by atoms with E-state index in [1.807, 2.05) is 57.2 Å². The van der Waals surface area contributed by atoms with Gasteiger partial charge < -0.3 is 4.74 Å². The van der Waals surface area contributed by atoms with Crippen LogP contribution in [0, 0.1) is 5.92 Å². The van der Waals surface area contributed by atoms with Gasteiger partial charge in [-0.1, -0.05) is 44.2 Å². The molecule has 0 bridgehead atoms. The van der Waals surface area contributed by atoms with Gasteiger partial charge in [-0.25, -0.2) is 13.1 Å². The second kappa shape index (κ2) is 8.91. The van der Waals surface area contributed by atoms with Crippen molar-refractivity contribution >= 4 is 10.0 Å². The van der Waals surface area contributed by atoms with Gasteiger partial charge in [0.05, 0.1) is 25.5 Å². The SMILES string of the molecule is CC(=C=CC(C)C)[C@H](COCc1ccccc1)NS(C)(=O)=O. The van der Waals surface area contributed by atoms with E-state index in [1.54, 1.807) is 0 Å². The summed E-state index contributed by atoms with van der Waals surface area (Å²) in [5, 5.41) is 0. The highest BCUT2D eigenvalue weighted by atomic mass is 32.2. The smallest absolute Gasteiger partial charge is 0.209 e. The molecule has 0 aliphatic heterocycles. The predicted octanol–water partition coefficient (Wildman–Crippen LogP) is 2.88. The Kier molecular flexibility index (Phi) is 7.56. The van der Waals surface area contributed by atoms with Crippen LogP contribution in [0.5, 0.6) is 0 Å². The van der Waals surface area contributed by atoms with Gasteiger partial charge in [0.1, 0.15) is 0 Å². The number of nitrogens with one attached hydrogen (secondary N) is 1. The van der Waals surface area contributed by atoms with E-state index in [-0.39, 0.29) is 6.61 Å². The first-order chi connectivity index (χ1) is 10.3. The van der Waals surface area contributed by atoms with Gasteiger partial charge >= 0.3 is 0 Å². The fourth-order valence-electron chi connectivity index (χ4n) is 1.77. The lowest BCUT2D eigenvalue weighted by Crippen LogP contribution is -2.38. The Bertz CT molecular complexity index is 615. The van der Waals surface area contributed by atoms with Crippen molar-refractivity contribution in [2.24, 2.45) is 5.92 Å². The number of hydrogen-bond donors (Lipinski definition) is 1. The molecule has 0 fully saturated rings. The third-order valence-electron chi connectivity index (χ3n) is 2.92. The van der Waals surface area contributed by atoms with E-state index in [2.05, 4.69) is 10.5 Å². The van der Waals surface area contributed by atoms with E-state index in [0.717, 1.165) is 17.4 Å². The molecule has 122 valence electrons. The van der Waals surface area contributed by atoms with Crippen molar-refractivity contribution in [3.05, 3.63) is 53.3 Å². The Hall–Kier alpha value is -1.39. The maximum absolute atomic E-state index is 11.5. The van der Waals surface area contributed by atoms with Crippen molar-refractivity contribution in [3.63, 3.8) is 0 Å². The van der Waals surface area contributed by atoms with E-state index < -0.39 is 16.1 Å². The molecule has 1 atom stereocenters. The van der Waals surface area contributed by atoms with Gasteiger partial charge in [-0.15, -0.1) is 5.73 Å². The highest BCUT2D eigenvalue weighted by Crippen LogP contribution is 2.06. The van der Waals surface area contributed by atoms with Crippen molar-refractivity contribution in [1.29, 1.82) is 0 Å². The van der Waals surface area contributed by atoms with Crippen molar-refractivity contribution in [2.75, 3.05) is 12.9 Å². The molecular formula is C17H25NO3S. The lowest BCUT2D eigenvalue weighted by Gasteiger charge is -2.17. The maximum Gasteiger partial charge on any atom is 0.209 e. The predicted molar refractivity (Wildman–Crippen MR) is 90.0 cm³/mol. The largest absolute Gasteiger partial charge is 0.375 e. The van der Waals surface area contributed by atoms with Gasteiger partial charge in [0.25, 0.3) is 0 Å². The molecule has 0 amide bonds. The van der Waals surface area contributed by atoms with Crippen molar-refractivity contribution in [3.8, 4) is 0 Å². The highest BCUT2D eigenvalue weighted by Gasteiger charge is 2.16. The van der Waals surface area contributed by atoms with E-state index >= 15 is 0 Å². The fraction of sp³-hybridized carbons (Fsp3) is 0.471. The second-order valence-electron chi connectivity index (χ2n) is 5.68. The third-order valence-corrected chi connectivity index (χ3v) is 3.63. The molecular weight excluding hydrogens is 298 g/mol. The zero-order valence-electron chi connectivity index (χ0n) is 13.7. The van der Waals surface area contributed by atoms with Crippen molar-refractivity contribution in [1.82, 2.24) is 4.72 Å². The summed E-state index contributed by atoms with van der Waals surface area (Å²) >= 11 is 0. The number of rotatable bonds is 8. The molecule has 1 aromatic rings. The fourth-order valence-corrected chi connectivity index (χ4v) is 2.54. The zero-order chi connectivity index (χ0) is 16.6. The van der Waals surface area contributed by atoms with Gasteiger partial charge in [-0.3, -0.25) is 0 Å². The monoisotopic (exact) mass is 323 g/mol. The Labute approximate surface area is 133 Å². The first kappa shape index (κ1) is 18.7. The van der Waals surface area contributed by atoms with E-state index in [4.69, 9.17) is 4.74 Å². The van der Waals surface area contributed by atoms with Crippen LogP contribution in [0.2, 0.25) is 0 Å². The van der Waals surface area contributed by atoms with Crippen LogP contribution in [0.15, 0.2) is 47.7 Å². The van der Waals surface area contributed by atoms with Crippen LogP contribution in [-0.2, 0) is 21.4 Å².